The number of anilines is 1. The summed E-state index contributed by atoms with van der Waals surface area (Å²) < 4.78 is 12.0. The van der Waals surface area contributed by atoms with E-state index >= 15 is 0 Å². The molecular weight excluding hydrogens is 344 g/mol. The minimum atomic E-state index is -0.974. The van der Waals surface area contributed by atoms with E-state index in [1.54, 1.807) is 0 Å². The molecule has 0 saturated carbocycles. The minimum Gasteiger partial charge on any atom is -0.494 e. The van der Waals surface area contributed by atoms with Crippen LogP contribution >= 0.6 is 11.3 Å². The van der Waals surface area contributed by atoms with Crippen LogP contribution in [0.1, 0.15) is 19.8 Å². The number of nitrogens with one attached hydrogen (secondary N) is 1. The zero-order chi connectivity index (χ0) is 17.6. The number of hydrogen-bond donors (Lipinski definition) is 2. The van der Waals surface area contributed by atoms with Crippen molar-refractivity contribution < 1.29 is 24.2 Å². The third-order valence-electron chi connectivity index (χ3n) is 4.76. The molecule has 2 aliphatic rings. The molecule has 7 nitrogen and oxygen atoms in total. The number of nitrogens with zero attached hydrogens (tertiary/aromatic N) is 1. The van der Waals surface area contributed by atoms with Crippen LogP contribution in [0.3, 0.4) is 0 Å². The fraction of sp³-hybridized carbons (Fsp3) is 0.471. The van der Waals surface area contributed by atoms with Gasteiger partial charge < -0.3 is 19.9 Å². The Morgan fingerprint density at radius 2 is 2.12 bits per heavy atom. The first-order valence-electron chi connectivity index (χ1n) is 8.29. The number of ether oxygens (including phenoxy) is 2. The second kappa shape index (κ2) is 6.27. The van der Waals surface area contributed by atoms with Gasteiger partial charge in [-0.3, -0.25) is 9.59 Å². The molecule has 2 saturated heterocycles. The molecule has 2 fully saturated rings. The lowest BCUT2D eigenvalue weighted by molar-refractivity contribution is -0.147. The molecule has 1 aromatic carbocycles. The smallest absolute Gasteiger partial charge is 0.310 e. The Bertz CT molecular complexity index is 836. The molecule has 2 aliphatic heterocycles. The fourth-order valence-electron chi connectivity index (χ4n) is 3.73. The highest BCUT2D eigenvalue weighted by Crippen LogP contribution is 2.44. The lowest BCUT2D eigenvalue weighted by Crippen LogP contribution is -2.40. The summed E-state index contributed by atoms with van der Waals surface area (Å²) in [5.41, 5.74) is 0.766. The summed E-state index contributed by atoms with van der Waals surface area (Å²) in [5, 5.41) is 12.7. The zero-order valence-electron chi connectivity index (χ0n) is 13.6. The number of carboxylic acids is 1. The highest BCUT2D eigenvalue weighted by Gasteiger charge is 2.55. The standard InChI is InChI=1S/C17H18N2O5S/c1-2-23-8-3-4-9-12(7-8)25-17(18-9)19-15(20)13-10-5-6-11(24-10)14(13)16(21)22/h3-4,7,10-11,13-14H,2,5-6H2,1H3,(H,21,22)(H,18,19,20)/t10-,11+,13-,14+/m1/s1. The predicted octanol–water partition coefficient (Wildman–Crippen LogP) is 2.51. The summed E-state index contributed by atoms with van der Waals surface area (Å²) >= 11 is 1.34. The molecule has 4 atom stereocenters. The molecule has 2 N–H and O–H groups in total. The van der Waals surface area contributed by atoms with E-state index in [9.17, 15) is 14.7 Å². The van der Waals surface area contributed by atoms with Gasteiger partial charge in [-0.25, -0.2) is 4.98 Å². The van der Waals surface area contributed by atoms with Crippen molar-refractivity contribution in [2.24, 2.45) is 11.8 Å². The molecule has 0 unspecified atom stereocenters. The topological polar surface area (TPSA) is 97.8 Å². The van der Waals surface area contributed by atoms with E-state index in [1.807, 2.05) is 25.1 Å². The Labute approximate surface area is 148 Å². The number of aromatic nitrogens is 1. The third kappa shape index (κ3) is 2.85. The van der Waals surface area contributed by atoms with Gasteiger partial charge in [-0.15, -0.1) is 0 Å². The summed E-state index contributed by atoms with van der Waals surface area (Å²) in [5.74, 6) is -1.99. The summed E-state index contributed by atoms with van der Waals surface area (Å²) in [6, 6.07) is 5.56. The largest absolute Gasteiger partial charge is 0.494 e. The molecular formula is C17H18N2O5S. The van der Waals surface area contributed by atoms with Crippen molar-refractivity contribution in [3.05, 3.63) is 18.2 Å². The fourth-order valence-corrected chi connectivity index (χ4v) is 4.63. The Morgan fingerprint density at radius 3 is 2.84 bits per heavy atom. The van der Waals surface area contributed by atoms with Crippen LogP contribution in [0.2, 0.25) is 0 Å². The highest BCUT2D eigenvalue weighted by atomic mass is 32.1. The van der Waals surface area contributed by atoms with Gasteiger partial charge in [0.25, 0.3) is 0 Å². The summed E-state index contributed by atoms with van der Waals surface area (Å²) in [6.07, 6.45) is 0.754. The van der Waals surface area contributed by atoms with Gasteiger partial charge in [-0.2, -0.15) is 0 Å². The SMILES string of the molecule is CCOc1ccc2nc(NC(=O)[C@H]3[C@@H](C(=O)O)[C@@H]4CC[C@H]3O4)sc2c1. The van der Waals surface area contributed by atoms with E-state index in [-0.39, 0.29) is 18.1 Å². The number of carboxylic acid groups (broad SMARTS) is 1. The number of carbonyl (C=O) groups is 2. The van der Waals surface area contributed by atoms with E-state index in [0.29, 0.717) is 18.2 Å². The minimum absolute atomic E-state index is 0.315. The second-order valence-electron chi connectivity index (χ2n) is 6.25. The quantitative estimate of drug-likeness (QED) is 0.848. The first-order chi connectivity index (χ1) is 12.1. The van der Waals surface area contributed by atoms with Crippen molar-refractivity contribution in [3.8, 4) is 5.75 Å². The maximum absolute atomic E-state index is 12.7. The van der Waals surface area contributed by atoms with Gasteiger partial charge in [0.05, 0.1) is 40.9 Å². The Kier molecular flexibility index (Phi) is 4.09. The summed E-state index contributed by atoms with van der Waals surface area (Å²) in [7, 11) is 0. The predicted molar refractivity (Wildman–Crippen MR) is 91.9 cm³/mol. The third-order valence-corrected chi connectivity index (χ3v) is 5.70. The van der Waals surface area contributed by atoms with Crippen molar-refractivity contribution in [3.63, 3.8) is 0 Å². The van der Waals surface area contributed by atoms with Gasteiger partial charge in [-0.05, 0) is 38.0 Å². The van der Waals surface area contributed by atoms with Crippen LogP contribution in [0.4, 0.5) is 5.13 Å². The maximum atomic E-state index is 12.7. The lowest BCUT2D eigenvalue weighted by Gasteiger charge is -2.23. The molecule has 1 aromatic heterocycles. The average Bonchev–Trinajstić information content (AvgIpc) is 3.27. The average molecular weight is 362 g/mol. The van der Waals surface area contributed by atoms with Gasteiger partial charge in [0.2, 0.25) is 5.91 Å². The van der Waals surface area contributed by atoms with Gasteiger partial charge in [0, 0.05) is 0 Å². The van der Waals surface area contributed by atoms with Crippen molar-refractivity contribution in [1.82, 2.24) is 4.98 Å². The van der Waals surface area contributed by atoms with Crippen LogP contribution in [0.15, 0.2) is 18.2 Å². The van der Waals surface area contributed by atoms with Crippen molar-refractivity contribution in [2.45, 2.75) is 32.0 Å². The van der Waals surface area contributed by atoms with E-state index in [2.05, 4.69) is 10.3 Å². The van der Waals surface area contributed by atoms with E-state index in [1.165, 1.54) is 11.3 Å². The van der Waals surface area contributed by atoms with E-state index < -0.39 is 17.8 Å². The number of carbonyl (C=O) groups excluding carboxylic acids is 1. The van der Waals surface area contributed by atoms with Gasteiger partial charge in [0.1, 0.15) is 5.75 Å². The van der Waals surface area contributed by atoms with Gasteiger partial charge >= 0.3 is 5.97 Å². The normalized spacial score (nSPS) is 27.6. The molecule has 4 rings (SSSR count). The number of aliphatic carboxylic acids is 1. The number of fused-ring (bicyclic) bond motifs is 3. The van der Waals surface area contributed by atoms with Gasteiger partial charge in [-0.1, -0.05) is 11.3 Å². The Balaban J connectivity index is 1.54. The molecule has 132 valence electrons. The van der Waals surface area contributed by atoms with E-state index in [4.69, 9.17) is 9.47 Å². The van der Waals surface area contributed by atoms with Gasteiger partial charge in [0.15, 0.2) is 5.13 Å². The molecule has 2 aromatic rings. The highest BCUT2D eigenvalue weighted by molar-refractivity contribution is 7.22. The second-order valence-corrected chi connectivity index (χ2v) is 7.28. The van der Waals surface area contributed by atoms with Crippen LogP contribution in [-0.4, -0.2) is 40.8 Å². The van der Waals surface area contributed by atoms with E-state index in [0.717, 1.165) is 22.4 Å². The summed E-state index contributed by atoms with van der Waals surface area (Å²) in [4.78, 5) is 28.6. The van der Waals surface area contributed by atoms with Crippen LogP contribution in [0, 0.1) is 11.8 Å². The number of hydrogen-bond acceptors (Lipinski definition) is 6. The van der Waals surface area contributed by atoms with Crippen LogP contribution in [-0.2, 0) is 14.3 Å². The molecule has 1 amide bonds. The molecule has 2 bridgehead atoms. The van der Waals surface area contributed by atoms with Crippen LogP contribution in [0.5, 0.6) is 5.75 Å². The van der Waals surface area contributed by atoms with Crippen LogP contribution < -0.4 is 10.1 Å². The maximum Gasteiger partial charge on any atom is 0.310 e. The summed E-state index contributed by atoms with van der Waals surface area (Å²) in [6.45, 7) is 2.49. The van der Waals surface area contributed by atoms with Crippen molar-refractivity contribution in [2.75, 3.05) is 11.9 Å². The molecule has 0 spiro atoms. The monoisotopic (exact) mass is 362 g/mol. The van der Waals surface area contributed by atoms with Crippen molar-refractivity contribution >= 4 is 38.6 Å². The molecule has 8 heteroatoms. The first-order valence-corrected chi connectivity index (χ1v) is 9.11. The van der Waals surface area contributed by atoms with Crippen molar-refractivity contribution in [1.29, 1.82) is 0 Å². The Morgan fingerprint density at radius 1 is 1.36 bits per heavy atom. The molecule has 3 heterocycles. The zero-order valence-corrected chi connectivity index (χ0v) is 14.4. The molecule has 0 radical (unpaired) electrons. The number of amides is 1. The number of thiazole rings is 1. The van der Waals surface area contributed by atoms with Crippen LogP contribution in [0.25, 0.3) is 10.2 Å². The first kappa shape index (κ1) is 16.3. The lowest BCUT2D eigenvalue weighted by atomic mass is 9.79. The Hall–Kier alpha value is -2.19. The molecule has 25 heavy (non-hydrogen) atoms. The molecule has 0 aliphatic carbocycles. The number of rotatable bonds is 5. The number of benzene rings is 1.